The van der Waals surface area contributed by atoms with Gasteiger partial charge in [0.05, 0.1) is 12.1 Å². The molecule has 1 aliphatic rings. The zero-order chi connectivity index (χ0) is 20.4. The summed E-state index contributed by atoms with van der Waals surface area (Å²) in [5.74, 6) is -0.598. The molecule has 2 N–H and O–H groups in total. The van der Waals surface area contributed by atoms with Crippen LogP contribution in [0, 0.1) is 0 Å². The highest BCUT2D eigenvalue weighted by Crippen LogP contribution is 2.23. The van der Waals surface area contributed by atoms with Crippen LogP contribution in [0.2, 0.25) is 0 Å². The molecule has 0 aromatic heterocycles. The summed E-state index contributed by atoms with van der Waals surface area (Å²) in [5, 5.41) is 19.1. The van der Waals surface area contributed by atoms with Gasteiger partial charge in [-0.05, 0) is 43.4 Å². The highest BCUT2D eigenvalue weighted by molar-refractivity contribution is 5.79. The monoisotopic (exact) mass is 385 g/mol. The second-order valence-corrected chi connectivity index (χ2v) is 7.25. The van der Waals surface area contributed by atoms with Gasteiger partial charge in [-0.15, -0.1) is 0 Å². The number of nitrogens with zero attached hydrogens (tertiary/aromatic N) is 1. The fourth-order valence-corrected chi connectivity index (χ4v) is 3.54. The summed E-state index contributed by atoms with van der Waals surface area (Å²) >= 11 is 0. The van der Waals surface area contributed by atoms with Crippen LogP contribution in [0.3, 0.4) is 0 Å². The van der Waals surface area contributed by atoms with Gasteiger partial charge in [-0.25, -0.2) is 0 Å². The molecular formula is C23H31NO4. The summed E-state index contributed by atoms with van der Waals surface area (Å²) in [6, 6.07) is 7.81. The van der Waals surface area contributed by atoms with E-state index >= 15 is 0 Å². The molecule has 0 saturated carbocycles. The maximum Gasteiger partial charge on any atom is 0.303 e. The van der Waals surface area contributed by atoms with Crippen molar-refractivity contribution in [2.75, 3.05) is 6.54 Å². The molecule has 1 fully saturated rings. The van der Waals surface area contributed by atoms with Crippen molar-refractivity contribution >= 4 is 18.0 Å². The van der Waals surface area contributed by atoms with E-state index in [1.807, 2.05) is 54.3 Å². The van der Waals surface area contributed by atoms with Gasteiger partial charge in [0, 0.05) is 19.4 Å². The number of aliphatic hydroxyl groups excluding tert-OH is 1. The summed E-state index contributed by atoms with van der Waals surface area (Å²) in [6.07, 6.45) is 11.9. The number of aliphatic carboxylic acids is 1. The lowest BCUT2D eigenvalue weighted by Crippen LogP contribution is -2.32. The minimum atomic E-state index is -0.755. The van der Waals surface area contributed by atoms with Gasteiger partial charge in [0.1, 0.15) is 0 Å². The molecule has 0 aliphatic carbocycles. The normalized spacial score (nSPS) is 18.4. The van der Waals surface area contributed by atoms with Crippen LogP contribution in [-0.2, 0) is 9.59 Å². The number of benzene rings is 1. The Balaban J connectivity index is 1.86. The van der Waals surface area contributed by atoms with Crippen molar-refractivity contribution in [1.82, 2.24) is 4.90 Å². The molecular weight excluding hydrogens is 354 g/mol. The van der Waals surface area contributed by atoms with Crippen molar-refractivity contribution in [2.45, 2.75) is 64.0 Å². The van der Waals surface area contributed by atoms with Crippen LogP contribution >= 0.6 is 0 Å². The molecule has 0 radical (unpaired) electrons. The SMILES string of the molecule is CC=Cc1cccc(C(O)C=CC2CCC(=O)N2CCCCCCC(=O)O)c1. The van der Waals surface area contributed by atoms with Crippen molar-refractivity contribution in [1.29, 1.82) is 0 Å². The summed E-state index contributed by atoms with van der Waals surface area (Å²) in [7, 11) is 0. The van der Waals surface area contributed by atoms with E-state index in [9.17, 15) is 14.7 Å². The van der Waals surface area contributed by atoms with Crippen molar-refractivity contribution in [3.63, 3.8) is 0 Å². The Labute approximate surface area is 167 Å². The van der Waals surface area contributed by atoms with E-state index in [0.717, 1.165) is 36.8 Å². The number of amides is 1. The summed E-state index contributed by atoms with van der Waals surface area (Å²) in [6.45, 7) is 2.65. The topological polar surface area (TPSA) is 77.8 Å². The molecule has 2 unspecified atom stereocenters. The average Bonchev–Trinajstić information content (AvgIpc) is 3.02. The molecule has 1 aromatic carbocycles. The molecule has 0 spiro atoms. The van der Waals surface area contributed by atoms with Gasteiger partial charge in [0.2, 0.25) is 5.91 Å². The van der Waals surface area contributed by atoms with Crippen molar-refractivity contribution in [2.24, 2.45) is 0 Å². The fourth-order valence-electron chi connectivity index (χ4n) is 3.54. The van der Waals surface area contributed by atoms with E-state index in [2.05, 4.69) is 0 Å². The molecule has 0 bridgehead atoms. The van der Waals surface area contributed by atoms with Crippen LogP contribution in [0.15, 0.2) is 42.5 Å². The Morgan fingerprint density at radius 2 is 2.07 bits per heavy atom. The average molecular weight is 386 g/mol. The number of carbonyl (C=O) groups excluding carboxylic acids is 1. The Morgan fingerprint density at radius 1 is 1.29 bits per heavy atom. The first-order chi connectivity index (χ1) is 13.5. The van der Waals surface area contributed by atoms with Gasteiger partial charge in [0.25, 0.3) is 0 Å². The second kappa shape index (κ2) is 11.4. The molecule has 1 amide bonds. The number of carboxylic acid groups (broad SMARTS) is 1. The second-order valence-electron chi connectivity index (χ2n) is 7.25. The van der Waals surface area contributed by atoms with Crippen LogP contribution in [0.5, 0.6) is 0 Å². The molecule has 1 saturated heterocycles. The summed E-state index contributed by atoms with van der Waals surface area (Å²) in [4.78, 5) is 24.6. The predicted molar refractivity (Wildman–Crippen MR) is 111 cm³/mol. The van der Waals surface area contributed by atoms with E-state index in [4.69, 9.17) is 5.11 Å². The maximum absolute atomic E-state index is 12.2. The standard InChI is InChI=1S/C23H31NO4/c1-2-8-18-9-7-10-19(17-18)21(25)14-12-20-13-15-22(26)24(20)16-6-4-3-5-11-23(27)28/h2,7-10,12,14,17,20-21,25H,3-6,11,13,15-16H2,1H3,(H,27,28). The molecule has 152 valence electrons. The number of unbranched alkanes of at least 4 members (excludes halogenated alkanes) is 3. The molecule has 2 atom stereocenters. The highest BCUT2D eigenvalue weighted by atomic mass is 16.4. The lowest BCUT2D eigenvalue weighted by atomic mass is 10.0. The minimum Gasteiger partial charge on any atom is -0.481 e. The molecule has 1 heterocycles. The van der Waals surface area contributed by atoms with E-state index < -0.39 is 12.1 Å². The predicted octanol–water partition coefficient (Wildman–Crippen LogP) is 4.34. The first-order valence-electron chi connectivity index (χ1n) is 10.1. The van der Waals surface area contributed by atoms with E-state index in [-0.39, 0.29) is 18.4 Å². The van der Waals surface area contributed by atoms with Gasteiger partial charge in [-0.3, -0.25) is 9.59 Å². The summed E-state index contributed by atoms with van der Waals surface area (Å²) < 4.78 is 0. The molecule has 5 nitrogen and oxygen atoms in total. The van der Waals surface area contributed by atoms with E-state index in [1.165, 1.54) is 0 Å². The van der Waals surface area contributed by atoms with Crippen LogP contribution in [0.1, 0.15) is 69.1 Å². The fraction of sp³-hybridized carbons (Fsp3) is 0.478. The number of likely N-dealkylation sites (tertiary alicyclic amines) is 1. The molecule has 1 aromatic rings. The molecule has 28 heavy (non-hydrogen) atoms. The number of hydrogen-bond donors (Lipinski definition) is 2. The molecule has 5 heteroatoms. The van der Waals surface area contributed by atoms with Crippen molar-refractivity contribution in [3.8, 4) is 0 Å². The number of hydrogen-bond acceptors (Lipinski definition) is 3. The third-order valence-electron chi connectivity index (χ3n) is 5.04. The third-order valence-corrected chi connectivity index (χ3v) is 5.04. The van der Waals surface area contributed by atoms with Crippen LogP contribution in [-0.4, -0.2) is 39.6 Å². The lowest BCUT2D eigenvalue weighted by Gasteiger charge is -2.22. The largest absolute Gasteiger partial charge is 0.481 e. The molecule has 2 rings (SSSR count). The van der Waals surface area contributed by atoms with E-state index in [0.29, 0.717) is 19.4 Å². The Hall–Kier alpha value is -2.40. The van der Waals surface area contributed by atoms with Gasteiger partial charge in [-0.1, -0.05) is 55.3 Å². The van der Waals surface area contributed by atoms with Gasteiger partial charge in [-0.2, -0.15) is 0 Å². The quantitative estimate of drug-likeness (QED) is 0.439. The van der Waals surface area contributed by atoms with Crippen LogP contribution in [0.4, 0.5) is 0 Å². The Kier molecular flexibility index (Phi) is 8.95. The Bertz CT molecular complexity index is 710. The third kappa shape index (κ3) is 6.97. The number of rotatable bonds is 11. The van der Waals surface area contributed by atoms with Crippen LogP contribution < -0.4 is 0 Å². The van der Waals surface area contributed by atoms with Crippen LogP contribution in [0.25, 0.3) is 6.08 Å². The maximum atomic E-state index is 12.2. The zero-order valence-corrected chi connectivity index (χ0v) is 16.6. The molecule has 1 aliphatic heterocycles. The minimum absolute atomic E-state index is 0.0277. The first-order valence-corrected chi connectivity index (χ1v) is 10.1. The zero-order valence-electron chi connectivity index (χ0n) is 16.6. The van der Waals surface area contributed by atoms with Crippen molar-refractivity contribution < 1.29 is 19.8 Å². The number of aliphatic hydroxyl groups is 1. The number of allylic oxidation sites excluding steroid dienone is 1. The first kappa shape index (κ1) is 21.9. The number of carboxylic acids is 1. The smallest absolute Gasteiger partial charge is 0.303 e. The van der Waals surface area contributed by atoms with Gasteiger partial charge < -0.3 is 15.1 Å². The summed E-state index contributed by atoms with van der Waals surface area (Å²) in [5.41, 5.74) is 1.88. The highest BCUT2D eigenvalue weighted by Gasteiger charge is 2.28. The number of carbonyl (C=O) groups is 2. The van der Waals surface area contributed by atoms with Gasteiger partial charge in [0.15, 0.2) is 0 Å². The van der Waals surface area contributed by atoms with E-state index in [1.54, 1.807) is 6.08 Å². The van der Waals surface area contributed by atoms with Crippen molar-refractivity contribution in [3.05, 3.63) is 53.6 Å². The van der Waals surface area contributed by atoms with Gasteiger partial charge >= 0.3 is 5.97 Å². The lowest BCUT2D eigenvalue weighted by molar-refractivity contribution is -0.137. The Morgan fingerprint density at radius 3 is 2.82 bits per heavy atom.